The molecule has 0 aromatic heterocycles. The lowest BCUT2D eigenvalue weighted by Gasteiger charge is -2.20. The molecule has 118 valence electrons. The van der Waals surface area contributed by atoms with Crippen LogP contribution >= 0.6 is 0 Å². The Kier molecular flexibility index (Phi) is 8.24. The van der Waals surface area contributed by atoms with Crippen molar-refractivity contribution in [3.8, 4) is 0 Å². The fraction of sp³-hybridized carbons (Fsp3) is 0.611. The molecular weight excluding hydrogens is 260 g/mol. The van der Waals surface area contributed by atoms with Crippen molar-refractivity contribution in [3.63, 3.8) is 0 Å². The topological polar surface area (TPSA) is 23.6 Å². The summed E-state index contributed by atoms with van der Waals surface area (Å²) in [5.41, 5.74) is 2.15. The molecule has 0 atom stereocenters. The van der Waals surface area contributed by atoms with Crippen LogP contribution in [0.25, 0.3) is 0 Å². The Morgan fingerprint density at radius 3 is 2.24 bits per heavy atom. The Morgan fingerprint density at radius 2 is 1.71 bits per heavy atom. The van der Waals surface area contributed by atoms with E-state index >= 15 is 0 Å². The molecule has 3 heteroatoms. The van der Waals surface area contributed by atoms with Crippen molar-refractivity contribution in [1.29, 1.82) is 0 Å². The molecule has 0 aliphatic rings. The summed E-state index contributed by atoms with van der Waals surface area (Å²) in [7, 11) is 4.17. The molecule has 0 amide bonds. The first-order chi connectivity index (χ1) is 10.1. The maximum atomic E-state index is 12.3. The summed E-state index contributed by atoms with van der Waals surface area (Å²) in [4.78, 5) is 16.7. The molecule has 0 aliphatic heterocycles. The second-order valence-corrected chi connectivity index (χ2v) is 5.90. The number of nitrogens with zero attached hydrogens (tertiary/aromatic N) is 2. The monoisotopic (exact) mass is 290 g/mol. The van der Waals surface area contributed by atoms with Crippen molar-refractivity contribution in [1.82, 2.24) is 9.80 Å². The molecule has 0 unspecified atom stereocenters. The first kappa shape index (κ1) is 17.9. The van der Waals surface area contributed by atoms with Crippen LogP contribution in [0.2, 0.25) is 0 Å². The molecule has 0 bridgehead atoms. The van der Waals surface area contributed by atoms with Crippen LogP contribution in [-0.2, 0) is 6.42 Å². The third-order valence-corrected chi connectivity index (χ3v) is 3.71. The molecule has 0 spiro atoms. The maximum Gasteiger partial charge on any atom is 0.176 e. The summed E-state index contributed by atoms with van der Waals surface area (Å²) in [6.45, 7) is 7.79. The van der Waals surface area contributed by atoms with Gasteiger partial charge >= 0.3 is 0 Å². The second-order valence-electron chi connectivity index (χ2n) is 5.90. The van der Waals surface area contributed by atoms with Crippen molar-refractivity contribution < 1.29 is 4.79 Å². The van der Waals surface area contributed by atoms with Gasteiger partial charge in [0.1, 0.15) is 0 Å². The van der Waals surface area contributed by atoms with Crippen LogP contribution in [0.15, 0.2) is 24.3 Å². The zero-order chi connectivity index (χ0) is 15.7. The number of Topliss-reactive ketones (excluding diaryl/α,β-unsaturated/α-hetero) is 1. The zero-order valence-corrected chi connectivity index (χ0v) is 14.1. The lowest BCUT2D eigenvalue weighted by Crippen LogP contribution is -2.32. The average Bonchev–Trinajstić information content (AvgIpc) is 2.46. The molecule has 0 saturated carbocycles. The molecule has 21 heavy (non-hydrogen) atoms. The van der Waals surface area contributed by atoms with Gasteiger partial charge in [0.2, 0.25) is 0 Å². The van der Waals surface area contributed by atoms with E-state index < -0.39 is 0 Å². The van der Waals surface area contributed by atoms with Crippen LogP contribution in [0.4, 0.5) is 0 Å². The van der Waals surface area contributed by atoms with Crippen LogP contribution in [0.1, 0.15) is 42.6 Å². The molecule has 1 rings (SSSR count). The molecule has 3 nitrogen and oxygen atoms in total. The number of carbonyl (C=O) groups excluding carboxylic acids is 1. The minimum absolute atomic E-state index is 0.227. The Balaban J connectivity index is 2.49. The normalized spacial score (nSPS) is 11.3. The highest BCUT2D eigenvalue weighted by molar-refractivity contribution is 5.97. The van der Waals surface area contributed by atoms with Gasteiger partial charge in [-0.15, -0.1) is 0 Å². The molecule has 0 aliphatic carbocycles. The molecule has 0 fully saturated rings. The first-order valence-electron chi connectivity index (χ1n) is 8.06. The van der Waals surface area contributed by atoms with Crippen LogP contribution in [0.5, 0.6) is 0 Å². The molecule has 1 aromatic rings. The third-order valence-electron chi connectivity index (χ3n) is 3.71. The Morgan fingerprint density at radius 1 is 1.05 bits per heavy atom. The van der Waals surface area contributed by atoms with Crippen LogP contribution in [-0.4, -0.2) is 55.9 Å². The molecular formula is C18H30N2O. The highest BCUT2D eigenvalue weighted by Gasteiger charge is 2.11. The molecule has 0 heterocycles. The Bertz CT molecular complexity index is 412. The quantitative estimate of drug-likeness (QED) is 0.619. The number of ketones is 1. The summed E-state index contributed by atoms with van der Waals surface area (Å²) >= 11 is 0. The standard InChI is InChI=1S/C18H30N2O/c1-5-8-16-9-11-17(12-10-16)18(21)15-20(6-2)14-7-13-19(3)4/h9-12H,5-8,13-15H2,1-4H3. The lowest BCUT2D eigenvalue weighted by molar-refractivity contribution is 0.0932. The second kappa shape index (κ2) is 9.69. The van der Waals surface area contributed by atoms with Gasteiger partial charge in [-0.3, -0.25) is 9.69 Å². The summed E-state index contributed by atoms with van der Waals surface area (Å²) in [6.07, 6.45) is 3.33. The van der Waals surface area contributed by atoms with Crippen molar-refractivity contribution >= 4 is 5.78 Å². The largest absolute Gasteiger partial charge is 0.309 e. The van der Waals surface area contributed by atoms with Crippen LogP contribution in [0.3, 0.4) is 0 Å². The maximum absolute atomic E-state index is 12.3. The number of benzene rings is 1. The number of carbonyl (C=O) groups is 1. The van der Waals surface area contributed by atoms with Gasteiger partial charge in [0.25, 0.3) is 0 Å². The highest BCUT2D eigenvalue weighted by atomic mass is 16.1. The minimum Gasteiger partial charge on any atom is -0.309 e. The zero-order valence-electron chi connectivity index (χ0n) is 14.1. The van der Waals surface area contributed by atoms with E-state index in [4.69, 9.17) is 0 Å². The van der Waals surface area contributed by atoms with E-state index in [2.05, 4.69) is 49.9 Å². The number of aryl methyl sites for hydroxylation is 1. The molecule has 1 aromatic carbocycles. The van der Waals surface area contributed by atoms with E-state index in [1.54, 1.807) is 0 Å². The van der Waals surface area contributed by atoms with E-state index in [0.717, 1.165) is 44.5 Å². The van der Waals surface area contributed by atoms with Crippen molar-refractivity contribution in [3.05, 3.63) is 35.4 Å². The van der Waals surface area contributed by atoms with E-state index in [-0.39, 0.29) is 5.78 Å². The van der Waals surface area contributed by atoms with Gasteiger partial charge in [0.05, 0.1) is 6.54 Å². The number of hydrogen-bond donors (Lipinski definition) is 0. The predicted molar refractivity (Wildman–Crippen MR) is 90.1 cm³/mol. The summed E-state index contributed by atoms with van der Waals surface area (Å²) < 4.78 is 0. The third kappa shape index (κ3) is 6.87. The number of likely N-dealkylation sites (N-methyl/N-ethyl adjacent to an activating group) is 1. The van der Waals surface area contributed by atoms with E-state index in [0.29, 0.717) is 6.54 Å². The fourth-order valence-electron chi connectivity index (χ4n) is 2.40. The van der Waals surface area contributed by atoms with Crippen molar-refractivity contribution in [2.45, 2.75) is 33.1 Å². The van der Waals surface area contributed by atoms with E-state index in [1.165, 1.54) is 5.56 Å². The number of hydrogen-bond acceptors (Lipinski definition) is 3. The van der Waals surface area contributed by atoms with Crippen LogP contribution < -0.4 is 0 Å². The minimum atomic E-state index is 0.227. The molecule has 0 radical (unpaired) electrons. The molecule has 0 saturated heterocycles. The van der Waals surface area contributed by atoms with E-state index in [1.807, 2.05) is 12.1 Å². The smallest absolute Gasteiger partial charge is 0.176 e. The van der Waals surface area contributed by atoms with Gasteiger partial charge in [0, 0.05) is 5.56 Å². The van der Waals surface area contributed by atoms with Crippen molar-refractivity contribution in [2.75, 3.05) is 40.3 Å². The lowest BCUT2D eigenvalue weighted by atomic mass is 10.1. The SMILES string of the molecule is CCCc1ccc(C(=O)CN(CC)CCCN(C)C)cc1. The van der Waals surface area contributed by atoms with Crippen molar-refractivity contribution in [2.24, 2.45) is 0 Å². The van der Waals surface area contributed by atoms with Gasteiger partial charge in [0.15, 0.2) is 5.78 Å². The summed E-state index contributed by atoms with van der Waals surface area (Å²) in [5, 5.41) is 0. The van der Waals surface area contributed by atoms with Gasteiger partial charge in [-0.25, -0.2) is 0 Å². The van der Waals surface area contributed by atoms with Gasteiger partial charge in [-0.05, 0) is 52.1 Å². The summed E-state index contributed by atoms with van der Waals surface area (Å²) in [5.74, 6) is 0.227. The Hall–Kier alpha value is -1.19. The van der Waals surface area contributed by atoms with Crippen LogP contribution in [0, 0.1) is 0 Å². The highest BCUT2D eigenvalue weighted by Crippen LogP contribution is 2.08. The fourth-order valence-corrected chi connectivity index (χ4v) is 2.40. The average molecular weight is 290 g/mol. The van der Waals surface area contributed by atoms with Gasteiger partial charge < -0.3 is 4.90 Å². The van der Waals surface area contributed by atoms with E-state index in [9.17, 15) is 4.79 Å². The van der Waals surface area contributed by atoms with Gasteiger partial charge in [-0.1, -0.05) is 44.5 Å². The number of rotatable bonds is 10. The summed E-state index contributed by atoms with van der Waals surface area (Å²) in [6, 6.07) is 8.11. The van der Waals surface area contributed by atoms with Gasteiger partial charge in [-0.2, -0.15) is 0 Å². The predicted octanol–water partition coefficient (Wildman–Crippen LogP) is 3.10. The molecule has 0 N–H and O–H groups in total. The first-order valence-corrected chi connectivity index (χ1v) is 8.06. The Labute approximate surface area is 129 Å².